The van der Waals surface area contributed by atoms with Gasteiger partial charge in [0.05, 0.1) is 5.69 Å². The van der Waals surface area contributed by atoms with Crippen LogP contribution in [0.2, 0.25) is 0 Å². The summed E-state index contributed by atoms with van der Waals surface area (Å²) in [6.45, 7) is 6.58. The lowest BCUT2D eigenvalue weighted by Crippen LogP contribution is -2.49. The number of piperazine rings is 1. The predicted octanol–water partition coefficient (Wildman–Crippen LogP) is 1.29. The third kappa shape index (κ3) is 3.17. The highest BCUT2D eigenvalue weighted by molar-refractivity contribution is 5.47. The molecule has 3 nitrogen and oxygen atoms in total. The van der Waals surface area contributed by atoms with E-state index in [0.29, 0.717) is 5.69 Å². The highest BCUT2D eigenvalue weighted by Crippen LogP contribution is 2.19. The maximum atomic E-state index is 13.6. The highest BCUT2D eigenvalue weighted by atomic mass is 19.1. The van der Waals surface area contributed by atoms with Crippen molar-refractivity contribution < 1.29 is 4.39 Å². The maximum absolute atomic E-state index is 13.6. The number of rotatable bonds is 3. The molecule has 94 valence electrons. The maximum Gasteiger partial charge on any atom is 0.146 e. The topological polar surface area (TPSA) is 32.5 Å². The first-order valence-corrected chi connectivity index (χ1v) is 6.14. The zero-order valence-corrected chi connectivity index (χ0v) is 10.3. The molecule has 0 aromatic heterocycles. The van der Waals surface area contributed by atoms with Crippen molar-refractivity contribution in [3.05, 3.63) is 30.1 Å². The van der Waals surface area contributed by atoms with E-state index < -0.39 is 0 Å². The summed E-state index contributed by atoms with van der Waals surface area (Å²) in [5.74, 6) is -0.131. The molecular formula is C13H20FN3. The van der Waals surface area contributed by atoms with E-state index in [4.69, 9.17) is 5.73 Å². The number of nitrogens with two attached hydrogens (primary N) is 1. The lowest BCUT2D eigenvalue weighted by Gasteiger charge is -2.36. The lowest BCUT2D eigenvalue weighted by atomic mass is 10.2. The Labute approximate surface area is 102 Å². The molecule has 4 heteroatoms. The van der Waals surface area contributed by atoms with Crippen LogP contribution in [0.3, 0.4) is 0 Å². The van der Waals surface area contributed by atoms with Crippen LogP contribution in [0.15, 0.2) is 24.3 Å². The molecule has 1 aliphatic rings. The fourth-order valence-electron chi connectivity index (χ4n) is 2.29. The SMILES string of the molecule is C[C@@H](N)CN1CCN(c2ccccc2F)CC1. The van der Waals surface area contributed by atoms with Crippen LogP contribution >= 0.6 is 0 Å². The monoisotopic (exact) mass is 237 g/mol. The second kappa shape index (κ2) is 5.47. The summed E-state index contributed by atoms with van der Waals surface area (Å²) in [7, 11) is 0. The molecule has 0 spiro atoms. The number of halogens is 1. The Bertz CT molecular complexity index is 359. The van der Waals surface area contributed by atoms with Gasteiger partial charge in [0.15, 0.2) is 0 Å². The van der Waals surface area contributed by atoms with Crippen molar-refractivity contribution in [2.45, 2.75) is 13.0 Å². The van der Waals surface area contributed by atoms with Crippen LogP contribution in [-0.4, -0.2) is 43.7 Å². The van der Waals surface area contributed by atoms with E-state index in [-0.39, 0.29) is 11.9 Å². The van der Waals surface area contributed by atoms with Crippen LogP contribution in [0.1, 0.15) is 6.92 Å². The Kier molecular flexibility index (Phi) is 3.97. The first kappa shape index (κ1) is 12.3. The van der Waals surface area contributed by atoms with Gasteiger partial charge in [0.2, 0.25) is 0 Å². The van der Waals surface area contributed by atoms with E-state index in [1.807, 2.05) is 19.1 Å². The minimum absolute atomic E-state index is 0.131. The van der Waals surface area contributed by atoms with Gasteiger partial charge < -0.3 is 10.6 Å². The molecule has 0 aliphatic carbocycles. The standard InChI is InChI=1S/C13H20FN3/c1-11(15)10-16-6-8-17(9-7-16)13-5-3-2-4-12(13)14/h2-5,11H,6-10,15H2,1H3/t11-/m1/s1. The van der Waals surface area contributed by atoms with Crippen molar-refractivity contribution in [2.24, 2.45) is 5.73 Å². The fraction of sp³-hybridized carbons (Fsp3) is 0.538. The van der Waals surface area contributed by atoms with Crippen molar-refractivity contribution in [1.82, 2.24) is 4.90 Å². The molecule has 0 unspecified atom stereocenters. The molecule has 1 aliphatic heterocycles. The lowest BCUT2D eigenvalue weighted by molar-refractivity contribution is 0.246. The van der Waals surface area contributed by atoms with E-state index in [9.17, 15) is 4.39 Å². The summed E-state index contributed by atoms with van der Waals surface area (Å²) >= 11 is 0. The fourth-order valence-corrected chi connectivity index (χ4v) is 2.29. The second-order valence-electron chi connectivity index (χ2n) is 4.72. The molecule has 1 fully saturated rings. The molecule has 1 aromatic carbocycles. The van der Waals surface area contributed by atoms with Gasteiger partial charge in [-0.3, -0.25) is 4.90 Å². The van der Waals surface area contributed by atoms with Crippen LogP contribution < -0.4 is 10.6 Å². The van der Waals surface area contributed by atoms with E-state index in [1.54, 1.807) is 6.07 Å². The summed E-state index contributed by atoms with van der Waals surface area (Å²) in [6.07, 6.45) is 0. The molecule has 1 heterocycles. The first-order chi connectivity index (χ1) is 8.16. The number of para-hydroxylation sites is 1. The van der Waals surface area contributed by atoms with Crippen molar-refractivity contribution in [3.63, 3.8) is 0 Å². The third-order valence-electron chi connectivity index (χ3n) is 3.11. The number of benzene rings is 1. The molecule has 2 rings (SSSR count). The Morgan fingerprint density at radius 1 is 1.24 bits per heavy atom. The average molecular weight is 237 g/mol. The Hall–Kier alpha value is -1.13. The first-order valence-electron chi connectivity index (χ1n) is 6.14. The molecule has 0 saturated carbocycles. The number of nitrogens with zero attached hydrogens (tertiary/aromatic N) is 2. The Morgan fingerprint density at radius 2 is 1.88 bits per heavy atom. The molecule has 0 radical (unpaired) electrons. The molecule has 1 atom stereocenters. The smallest absolute Gasteiger partial charge is 0.146 e. The summed E-state index contributed by atoms with van der Waals surface area (Å²) < 4.78 is 13.6. The van der Waals surface area contributed by atoms with E-state index in [2.05, 4.69) is 9.80 Å². The summed E-state index contributed by atoms with van der Waals surface area (Å²) in [5, 5.41) is 0. The van der Waals surface area contributed by atoms with Crippen LogP contribution in [0.4, 0.5) is 10.1 Å². The number of hydrogen-bond donors (Lipinski definition) is 1. The second-order valence-corrected chi connectivity index (χ2v) is 4.72. The Balaban J connectivity index is 1.93. The van der Waals surface area contributed by atoms with Gasteiger partial charge in [-0.25, -0.2) is 4.39 Å². The van der Waals surface area contributed by atoms with E-state index >= 15 is 0 Å². The van der Waals surface area contributed by atoms with Crippen molar-refractivity contribution in [1.29, 1.82) is 0 Å². The van der Waals surface area contributed by atoms with Crippen LogP contribution in [0.25, 0.3) is 0 Å². The molecule has 0 amide bonds. The third-order valence-corrected chi connectivity index (χ3v) is 3.11. The van der Waals surface area contributed by atoms with Crippen molar-refractivity contribution in [2.75, 3.05) is 37.6 Å². The summed E-state index contributed by atoms with van der Waals surface area (Å²) in [6, 6.07) is 7.17. The van der Waals surface area contributed by atoms with Gasteiger partial charge in [0.1, 0.15) is 5.82 Å². The summed E-state index contributed by atoms with van der Waals surface area (Å²) in [4.78, 5) is 4.44. The molecule has 2 N–H and O–H groups in total. The van der Waals surface area contributed by atoms with E-state index in [1.165, 1.54) is 6.07 Å². The predicted molar refractivity (Wildman–Crippen MR) is 68.7 cm³/mol. The van der Waals surface area contributed by atoms with E-state index in [0.717, 1.165) is 32.7 Å². The quantitative estimate of drug-likeness (QED) is 0.860. The zero-order chi connectivity index (χ0) is 12.3. The minimum Gasteiger partial charge on any atom is -0.367 e. The molecular weight excluding hydrogens is 217 g/mol. The Morgan fingerprint density at radius 3 is 2.47 bits per heavy atom. The molecule has 0 bridgehead atoms. The van der Waals surface area contributed by atoms with Gasteiger partial charge in [-0.1, -0.05) is 12.1 Å². The van der Waals surface area contributed by atoms with Gasteiger partial charge in [0.25, 0.3) is 0 Å². The van der Waals surface area contributed by atoms with Gasteiger partial charge in [-0.05, 0) is 19.1 Å². The number of anilines is 1. The van der Waals surface area contributed by atoms with Gasteiger partial charge in [-0.15, -0.1) is 0 Å². The minimum atomic E-state index is -0.131. The van der Waals surface area contributed by atoms with Crippen molar-refractivity contribution >= 4 is 5.69 Å². The normalized spacial score (nSPS) is 19.4. The molecule has 1 aromatic rings. The van der Waals surface area contributed by atoms with Gasteiger partial charge in [-0.2, -0.15) is 0 Å². The highest BCUT2D eigenvalue weighted by Gasteiger charge is 2.19. The zero-order valence-electron chi connectivity index (χ0n) is 10.3. The number of hydrogen-bond acceptors (Lipinski definition) is 3. The molecule has 1 saturated heterocycles. The van der Waals surface area contributed by atoms with Gasteiger partial charge in [0, 0.05) is 38.8 Å². The summed E-state index contributed by atoms with van der Waals surface area (Å²) in [5.41, 5.74) is 6.49. The largest absolute Gasteiger partial charge is 0.367 e. The van der Waals surface area contributed by atoms with Crippen LogP contribution in [-0.2, 0) is 0 Å². The average Bonchev–Trinajstić information content (AvgIpc) is 2.30. The van der Waals surface area contributed by atoms with Crippen molar-refractivity contribution in [3.8, 4) is 0 Å². The van der Waals surface area contributed by atoms with Crippen LogP contribution in [0, 0.1) is 5.82 Å². The van der Waals surface area contributed by atoms with Crippen LogP contribution in [0.5, 0.6) is 0 Å². The van der Waals surface area contributed by atoms with Gasteiger partial charge >= 0.3 is 0 Å². The molecule has 17 heavy (non-hydrogen) atoms.